The quantitative estimate of drug-likeness (QED) is 0.511. The number of morpholine rings is 1. The average molecular weight is 429 g/mol. The molecular formula is C18H28N4O6S. The van der Waals surface area contributed by atoms with Crippen molar-refractivity contribution in [3.63, 3.8) is 0 Å². The minimum absolute atomic E-state index is 0.137. The van der Waals surface area contributed by atoms with E-state index in [1.165, 1.54) is 23.5 Å². The number of hydrogen-bond donors (Lipinski definition) is 3. The van der Waals surface area contributed by atoms with Gasteiger partial charge in [0.1, 0.15) is 0 Å². The van der Waals surface area contributed by atoms with Gasteiger partial charge in [0, 0.05) is 32.4 Å². The van der Waals surface area contributed by atoms with Crippen LogP contribution in [0.2, 0.25) is 0 Å². The highest BCUT2D eigenvalue weighted by Gasteiger charge is 2.32. The van der Waals surface area contributed by atoms with E-state index in [0.717, 1.165) is 0 Å². The molecule has 3 amide bonds. The van der Waals surface area contributed by atoms with Gasteiger partial charge >= 0.3 is 6.03 Å². The van der Waals surface area contributed by atoms with Crippen LogP contribution in [0.4, 0.5) is 10.5 Å². The number of benzene rings is 1. The number of hydrogen-bond acceptors (Lipinski definition) is 7. The van der Waals surface area contributed by atoms with Crippen LogP contribution in [0.5, 0.6) is 0 Å². The van der Waals surface area contributed by atoms with Crippen molar-refractivity contribution in [2.45, 2.75) is 31.0 Å². The molecule has 3 N–H and O–H groups in total. The van der Waals surface area contributed by atoms with E-state index in [1.54, 1.807) is 12.1 Å². The molecule has 2 rings (SSSR count). The Morgan fingerprint density at radius 3 is 2.38 bits per heavy atom. The smallest absolute Gasteiger partial charge is 0.321 e. The number of sulfonamides is 1. The SMILES string of the molecule is COCCNC(=O)NC(=O)CNc1ccc(S(=O)(=O)N2CC(C)OC(C)C2)cc1. The molecular weight excluding hydrogens is 400 g/mol. The zero-order chi connectivity index (χ0) is 21.4. The number of rotatable bonds is 8. The highest BCUT2D eigenvalue weighted by molar-refractivity contribution is 7.89. The molecule has 0 radical (unpaired) electrons. The van der Waals surface area contributed by atoms with Crippen molar-refractivity contribution in [2.24, 2.45) is 0 Å². The molecule has 11 heteroatoms. The Morgan fingerprint density at radius 1 is 1.17 bits per heavy atom. The van der Waals surface area contributed by atoms with E-state index < -0.39 is 22.0 Å². The Kier molecular flexibility index (Phi) is 8.38. The lowest BCUT2D eigenvalue weighted by atomic mass is 10.3. The van der Waals surface area contributed by atoms with Gasteiger partial charge in [-0.3, -0.25) is 10.1 Å². The molecule has 1 heterocycles. The van der Waals surface area contributed by atoms with Crippen molar-refractivity contribution in [1.82, 2.24) is 14.9 Å². The fraction of sp³-hybridized carbons (Fsp3) is 0.556. The Labute approximate surface area is 171 Å². The normalized spacial score (nSPS) is 20.1. The lowest BCUT2D eigenvalue weighted by molar-refractivity contribution is -0.118. The average Bonchev–Trinajstić information content (AvgIpc) is 2.66. The molecule has 1 aromatic rings. The van der Waals surface area contributed by atoms with Crippen LogP contribution in [-0.2, 0) is 24.3 Å². The molecule has 162 valence electrons. The van der Waals surface area contributed by atoms with E-state index in [1.807, 2.05) is 13.8 Å². The zero-order valence-electron chi connectivity index (χ0n) is 16.8. The minimum atomic E-state index is -3.62. The second-order valence-electron chi connectivity index (χ2n) is 6.75. The molecule has 2 atom stereocenters. The molecule has 1 fully saturated rings. The van der Waals surface area contributed by atoms with E-state index in [-0.39, 0.29) is 23.6 Å². The minimum Gasteiger partial charge on any atom is -0.383 e. The number of carbonyl (C=O) groups is 2. The first-order chi connectivity index (χ1) is 13.7. The van der Waals surface area contributed by atoms with Gasteiger partial charge in [-0.25, -0.2) is 13.2 Å². The number of carbonyl (C=O) groups excluding carboxylic acids is 2. The number of nitrogens with zero attached hydrogens (tertiary/aromatic N) is 1. The number of anilines is 1. The van der Waals surface area contributed by atoms with E-state index in [0.29, 0.717) is 31.9 Å². The predicted molar refractivity (Wildman–Crippen MR) is 107 cm³/mol. The molecule has 1 aliphatic rings. The van der Waals surface area contributed by atoms with Crippen molar-refractivity contribution >= 4 is 27.6 Å². The third-order valence-electron chi connectivity index (χ3n) is 4.18. The highest BCUT2D eigenvalue weighted by Crippen LogP contribution is 2.22. The third-order valence-corrected chi connectivity index (χ3v) is 6.02. The maximum absolute atomic E-state index is 12.8. The first-order valence-electron chi connectivity index (χ1n) is 9.28. The summed E-state index contributed by atoms with van der Waals surface area (Å²) in [4.78, 5) is 23.4. The van der Waals surface area contributed by atoms with Crippen molar-refractivity contribution in [1.29, 1.82) is 0 Å². The van der Waals surface area contributed by atoms with Gasteiger partial charge in [0.2, 0.25) is 15.9 Å². The lowest BCUT2D eigenvalue weighted by Gasteiger charge is -2.34. The van der Waals surface area contributed by atoms with Crippen LogP contribution in [0.15, 0.2) is 29.2 Å². The van der Waals surface area contributed by atoms with Crippen molar-refractivity contribution in [3.05, 3.63) is 24.3 Å². The summed E-state index contributed by atoms with van der Waals surface area (Å²) in [5.74, 6) is -0.520. The predicted octanol–water partition coefficient (Wildman–Crippen LogP) is 0.369. The van der Waals surface area contributed by atoms with Gasteiger partial charge in [-0.1, -0.05) is 0 Å². The van der Waals surface area contributed by atoms with E-state index in [9.17, 15) is 18.0 Å². The van der Waals surface area contributed by atoms with Gasteiger partial charge in [-0.2, -0.15) is 4.31 Å². The van der Waals surface area contributed by atoms with Gasteiger partial charge < -0.3 is 20.1 Å². The van der Waals surface area contributed by atoms with Crippen LogP contribution in [-0.4, -0.2) is 76.8 Å². The Balaban J connectivity index is 1.88. The standard InChI is InChI=1S/C18H28N4O6S/c1-13-11-22(12-14(2)28-13)29(25,26)16-6-4-15(5-7-16)20-10-17(23)21-18(24)19-8-9-27-3/h4-7,13-14,20H,8-12H2,1-3H3,(H2,19,21,23,24). The Hall–Kier alpha value is -2.21. The van der Waals surface area contributed by atoms with E-state index in [4.69, 9.17) is 9.47 Å². The van der Waals surface area contributed by atoms with Gasteiger partial charge in [0.15, 0.2) is 0 Å². The van der Waals surface area contributed by atoms with E-state index in [2.05, 4.69) is 16.0 Å². The lowest BCUT2D eigenvalue weighted by Crippen LogP contribution is -2.48. The van der Waals surface area contributed by atoms with Crippen LogP contribution in [0.1, 0.15) is 13.8 Å². The van der Waals surface area contributed by atoms with Crippen molar-refractivity contribution < 1.29 is 27.5 Å². The zero-order valence-corrected chi connectivity index (χ0v) is 17.6. The molecule has 0 aromatic heterocycles. The number of nitrogens with one attached hydrogen (secondary N) is 3. The molecule has 0 bridgehead atoms. The topological polar surface area (TPSA) is 126 Å². The van der Waals surface area contributed by atoms with Crippen LogP contribution >= 0.6 is 0 Å². The summed E-state index contributed by atoms with van der Waals surface area (Å²) in [7, 11) is -2.11. The molecule has 1 aromatic carbocycles. The van der Waals surface area contributed by atoms with Crippen LogP contribution in [0.3, 0.4) is 0 Å². The second-order valence-corrected chi connectivity index (χ2v) is 8.69. The summed E-state index contributed by atoms with van der Waals surface area (Å²) in [6, 6.07) is 5.51. The number of amides is 3. The van der Waals surface area contributed by atoms with Gasteiger partial charge in [-0.15, -0.1) is 0 Å². The number of methoxy groups -OCH3 is 1. The second kappa shape index (κ2) is 10.5. The number of urea groups is 1. The van der Waals surface area contributed by atoms with Crippen LogP contribution in [0, 0.1) is 0 Å². The Morgan fingerprint density at radius 2 is 1.79 bits per heavy atom. The molecule has 29 heavy (non-hydrogen) atoms. The van der Waals surface area contributed by atoms with Gasteiger partial charge in [0.25, 0.3) is 0 Å². The summed E-state index contributed by atoms with van der Waals surface area (Å²) < 4.78 is 37.4. The summed E-state index contributed by atoms with van der Waals surface area (Å²) in [5.41, 5.74) is 0.558. The molecule has 0 saturated carbocycles. The summed E-state index contributed by atoms with van der Waals surface area (Å²) in [5, 5.41) is 7.49. The van der Waals surface area contributed by atoms with E-state index >= 15 is 0 Å². The molecule has 0 spiro atoms. The largest absolute Gasteiger partial charge is 0.383 e. The maximum atomic E-state index is 12.8. The molecule has 1 aliphatic heterocycles. The maximum Gasteiger partial charge on any atom is 0.321 e. The van der Waals surface area contributed by atoms with Crippen LogP contribution < -0.4 is 16.0 Å². The monoisotopic (exact) mass is 428 g/mol. The fourth-order valence-corrected chi connectivity index (χ4v) is 4.48. The molecule has 1 saturated heterocycles. The number of imide groups is 1. The van der Waals surface area contributed by atoms with Crippen LogP contribution in [0.25, 0.3) is 0 Å². The van der Waals surface area contributed by atoms with Crippen molar-refractivity contribution in [3.8, 4) is 0 Å². The molecule has 2 unspecified atom stereocenters. The Bertz CT molecular complexity index is 789. The summed E-state index contributed by atoms with van der Waals surface area (Å²) in [6.07, 6.45) is -0.334. The third kappa shape index (κ3) is 6.96. The summed E-state index contributed by atoms with van der Waals surface area (Å²) >= 11 is 0. The van der Waals surface area contributed by atoms with Gasteiger partial charge in [0.05, 0.1) is 30.3 Å². The van der Waals surface area contributed by atoms with Gasteiger partial charge in [-0.05, 0) is 38.1 Å². The first-order valence-corrected chi connectivity index (χ1v) is 10.7. The molecule has 10 nitrogen and oxygen atoms in total. The molecule has 0 aliphatic carbocycles. The first kappa shape index (κ1) is 23.1. The summed E-state index contributed by atoms with van der Waals surface area (Å²) in [6.45, 7) is 4.79. The van der Waals surface area contributed by atoms with Crippen molar-refractivity contribution in [2.75, 3.05) is 45.2 Å². The highest BCUT2D eigenvalue weighted by atomic mass is 32.2. The fourth-order valence-electron chi connectivity index (χ4n) is 2.88. The number of ether oxygens (including phenoxy) is 2.